The second-order valence-electron chi connectivity index (χ2n) is 22.2. The van der Waals surface area contributed by atoms with Gasteiger partial charge in [0.15, 0.2) is 0 Å². The molecule has 7 rings (SSSR count). The van der Waals surface area contributed by atoms with E-state index in [9.17, 15) is 0 Å². The molecule has 0 aromatic rings. The van der Waals surface area contributed by atoms with E-state index in [0.717, 1.165) is 23.7 Å². The summed E-state index contributed by atoms with van der Waals surface area (Å²) >= 11 is 3.41. The van der Waals surface area contributed by atoms with Crippen LogP contribution in [0.15, 0.2) is 46.6 Å². The molecule has 0 heterocycles. The fourth-order valence-electron chi connectivity index (χ4n) is 13.2. The Morgan fingerprint density at radius 3 is 1.18 bits per heavy atom. The molecule has 8 unspecified atom stereocenters. The maximum atomic E-state index is 4.93. The van der Waals surface area contributed by atoms with Gasteiger partial charge < -0.3 is 14.9 Å². The number of halogens is 4. The summed E-state index contributed by atoms with van der Waals surface area (Å²) in [6, 6.07) is 0. The van der Waals surface area contributed by atoms with Crippen LogP contribution in [0.4, 0.5) is 0 Å². The van der Waals surface area contributed by atoms with Gasteiger partial charge >= 0.3 is 37.9 Å². The van der Waals surface area contributed by atoms with Crippen molar-refractivity contribution in [3.8, 4) is 0 Å². The van der Waals surface area contributed by atoms with Gasteiger partial charge in [-0.1, -0.05) is 121 Å². The second kappa shape index (κ2) is 15.9. The zero-order chi connectivity index (χ0) is 36.9. The van der Waals surface area contributed by atoms with Gasteiger partial charge in [-0.05, 0) is 152 Å². The van der Waals surface area contributed by atoms with Gasteiger partial charge in [0, 0.05) is 37.2 Å². The molecule has 5 heteroatoms. The molecule has 0 N–H and O–H groups in total. The number of rotatable bonds is 1. The molecule has 5 saturated carbocycles. The average Bonchev–Trinajstić information content (AvgIpc) is 3.64. The molecule has 0 aromatic carbocycles. The molecule has 0 saturated heterocycles. The summed E-state index contributed by atoms with van der Waals surface area (Å²) in [7, 11) is 9.87. The van der Waals surface area contributed by atoms with Crippen LogP contribution in [0.2, 0.25) is 0 Å². The average molecular weight is 1040 g/mol. The minimum absolute atomic E-state index is 0. The van der Waals surface area contributed by atoms with Crippen LogP contribution < -0.4 is 0 Å². The van der Waals surface area contributed by atoms with Crippen LogP contribution in [-0.4, -0.2) is 0 Å². The third-order valence-corrected chi connectivity index (χ3v) is 16.1. The zero-order valence-corrected chi connectivity index (χ0v) is 43.7. The van der Waals surface area contributed by atoms with E-state index in [4.69, 9.17) is 17.0 Å². The van der Waals surface area contributed by atoms with E-state index in [1.165, 1.54) is 44.9 Å². The van der Waals surface area contributed by atoms with E-state index in [-0.39, 0.29) is 36.5 Å². The van der Waals surface area contributed by atoms with Gasteiger partial charge in [0.25, 0.3) is 0 Å². The maximum absolute atomic E-state index is 4.93. The van der Waals surface area contributed by atoms with Crippen molar-refractivity contribution in [1.29, 1.82) is 0 Å². The molecular weight excluding hydrogens is 968 g/mol. The first kappa shape index (κ1) is 47.3. The third kappa shape index (κ3) is 8.15. The molecule has 8 atom stereocenters. The van der Waals surface area contributed by atoms with E-state index in [0.29, 0.717) is 39.9 Å². The molecule has 51 heavy (non-hydrogen) atoms. The van der Waals surface area contributed by atoms with Gasteiger partial charge in [-0.3, -0.25) is 0 Å². The van der Waals surface area contributed by atoms with Gasteiger partial charge in [-0.15, -0.1) is 0 Å². The van der Waals surface area contributed by atoms with Crippen LogP contribution in [0.5, 0.6) is 0 Å². The molecular formula is C46H74Cl2I2Zr. The molecule has 0 amide bonds. The first-order valence-corrected chi connectivity index (χ1v) is 32.0. The molecule has 0 nitrogen and oxygen atoms in total. The van der Waals surface area contributed by atoms with Crippen LogP contribution in [0.25, 0.3) is 0 Å². The van der Waals surface area contributed by atoms with Gasteiger partial charge in [-0.25, -0.2) is 0 Å². The quantitative estimate of drug-likeness (QED) is 0.181. The summed E-state index contributed by atoms with van der Waals surface area (Å²) in [5.41, 5.74) is 9.23. The standard InChI is InChI=1S/C44H68.2CH3.2ClH.I2.Zr/c1-38(2,3)26-19-31-36(20-26)44(14,25-43(31,12)13)37-29-23-34-32(39(4,5)15-17-41(34,8)9)21-27(29)28-22-33-35(24-30(28)37)42(10,11)18-16-40(33,6)7;;;;;1-2;/h21-24,26-31,36-37H,15-20,25H2,1-14H3;2*1H3;2*1H;;/q;2*-1;;;;+4/p-2. The minimum atomic E-state index is -0.826. The fraction of sp³-hybridized carbons (Fsp3) is 0.783. The fourth-order valence-corrected chi connectivity index (χ4v) is 13.2. The Kier molecular flexibility index (Phi) is 14.7. The van der Waals surface area contributed by atoms with Crippen molar-refractivity contribution in [2.24, 2.45) is 85.2 Å². The summed E-state index contributed by atoms with van der Waals surface area (Å²) in [4.78, 5) is 0. The molecule has 0 aromatic heterocycles. The van der Waals surface area contributed by atoms with Crippen molar-refractivity contribution in [3.05, 3.63) is 61.4 Å². The molecule has 290 valence electrons. The summed E-state index contributed by atoms with van der Waals surface area (Å²) in [6.45, 7) is 36.2. The molecule has 7 aliphatic carbocycles. The first-order chi connectivity index (χ1) is 22.4. The van der Waals surface area contributed by atoms with Crippen LogP contribution in [0, 0.1) is 100 Å². The SMILES string of the molecule is CC1(C)CCC(C)(C)C2=CC3C(C=C21)C1C=C2C(=CC1C3C1(C)CC(C)(C)C3CC(C(C)(C)C)CC31)C(C)(C)CCC2(C)C.II.[CH3-].[CH3-].[Cl][Zr+2][Cl]. The third-order valence-electron chi connectivity index (χ3n) is 16.1. The van der Waals surface area contributed by atoms with Gasteiger partial charge in [0.2, 0.25) is 0 Å². The second-order valence-corrected chi connectivity index (χ2v) is 25.9. The summed E-state index contributed by atoms with van der Waals surface area (Å²) in [6.07, 6.45) is 21.3. The number of hydrogen-bond acceptors (Lipinski definition) is 0. The number of hydrogen-bond donors (Lipinski definition) is 0. The number of allylic oxidation sites excluding steroid dienone is 8. The first-order valence-electron chi connectivity index (χ1n) is 19.4. The summed E-state index contributed by atoms with van der Waals surface area (Å²) in [5, 5.41) is 0. The van der Waals surface area contributed by atoms with E-state index >= 15 is 0 Å². The van der Waals surface area contributed by atoms with Crippen LogP contribution in [0.1, 0.15) is 142 Å². The Morgan fingerprint density at radius 2 is 0.863 bits per heavy atom. The van der Waals surface area contributed by atoms with Crippen molar-refractivity contribution in [1.82, 2.24) is 0 Å². The Hall–Kier alpha value is 1.88. The van der Waals surface area contributed by atoms with Crippen molar-refractivity contribution in [3.63, 3.8) is 0 Å². The zero-order valence-electron chi connectivity index (χ0n) is 35.4. The Labute approximate surface area is 359 Å². The molecule has 0 spiro atoms. The normalized spacial score (nSPS) is 39.6. The Balaban J connectivity index is 0.000000955. The summed E-state index contributed by atoms with van der Waals surface area (Å²) in [5.74, 6) is 5.90. The van der Waals surface area contributed by atoms with Crippen LogP contribution >= 0.6 is 54.3 Å². The Bertz CT molecular complexity index is 1330. The van der Waals surface area contributed by atoms with E-state index in [1.807, 2.05) is 0 Å². The molecule has 7 aliphatic rings. The topological polar surface area (TPSA) is 0 Å². The van der Waals surface area contributed by atoms with Gasteiger partial charge in [-0.2, -0.15) is 0 Å². The predicted molar refractivity (Wildman–Crippen MR) is 242 cm³/mol. The van der Waals surface area contributed by atoms with Gasteiger partial charge in [0.1, 0.15) is 0 Å². The predicted octanol–water partition coefficient (Wildman–Crippen LogP) is 16.7. The molecule has 5 fully saturated rings. The van der Waals surface area contributed by atoms with Crippen molar-refractivity contribution >= 4 is 54.3 Å². The monoisotopic (exact) mass is 1040 g/mol. The molecule has 0 bridgehead atoms. The van der Waals surface area contributed by atoms with E-state index < -0.39 is 20.8 Å². The van der Waals surface area contributed by atoms with E-state index in [1.54, 1.807) is 22.3 Å². The van der Waals surface area contributed by atoms with E-state index in [2.05, 4.69) is 158 Å². The number of fused-ring (bicyclic) bond motifs is 6. The van der Waals surface area contributed by atoms with Crippen LogP contribution in [-0.2, 0) is 20.8 Å². The van der Waals surface area contributed by atoms with Crippen molar-refractivity contribution in [2.45, 2.75) is 142 Å². The van der Waals surface area contributed by atoms with Crippen molar-refractivity contribution in [2.75, 3.05) is 0 Å². The van der Waals surface area contributed by atoms with Crippen molar-refractivity contribution < 1.29 is 20.8 Å². The van der Waals surface area contributed by atoms with Crippen LogP contribution in [0.3, 0.4) is 0 Å². The van der Waals surface area contributed by atoms with Gasteiger partial charge in [0.05, 0.1) is 0 Å². The molecule has 0 aliphatic heterocycles. The molecule has 0 radical (unpaired) electrons. The summed E-state index contributed by atoms with van der Waals surface area (Å²) < 4.78 is 0. The Morgan fingerprint density at radius 1 is 0.569 bits per heavy atom.